The van der Waals surface area contributed by atoms with E-state index >= 15 is 0 Å². The largest absolute Gasteiger partial charge is 0.329 e. The molecule has 98 valence electrons. The summed E-state index contributed by atoms with van der Waals surface area (Å²) in [6, 6.07) is 4.77. The van der Waals surface area contributed by atoms with Crippen LogP contribution in [0.5, 0.6) is 0 Å². The zero-order chi connectivity index (χ0) is 13.7. The first-order chi connectivity index (χ1) is 9.00. The van der Waals surface area contributed by atoms with E-state index in [4.69, 9.17) is 23.8 Å². The molecule has 5 nitrogen and oxygen atoms in total. The first kappa shape index (κ1) is 12.4. The van der Waals surface area contributed by atoms with Crippen LogP contribution in [0.2, 0.25) is 5.02 Å². The van der Waals surface area contributed by atoms with Gasteiger partial charge in [-0.1, -0.05) is 17.7 Å². The van der Waals surface area contributed by atoms with Gasteiger partial charge in [0.25, 0.3) is 5.91 Å². The van der Waals surface area contributed by atoms with Crippen molar-refractivity contribution in [2.75, 3.05) is 7.05 Å². The third-order valence-electron chi connectivity index (χ3n) is 3.37. The topological polar surface area (TPSA) is 58.1 Å². The molecule has 2 heterocycles. The number of hydrogen-bond acceptors (Lipinski definition) is 3. The van der Waals surface area contributed by atoms with Gasteiger partial charge < -0.3 is 9.55 Å². The van der Waals surface area contributed by atoms with Gasteiger partial charge >= 0.3 is 0 Å². The number of imide groups is 1. The molecule has 1 aliphatic heterocycles. The summed E-state index contributed by atoms with van der Waals surface area (Å²) in [5.74, 6) is -0.449. The number of likely N-dealkylation sites (tertiary alicyclic amines) is 1. The van der Waals surface area contributed by atoms with Gasteiger partial charge in [-0.25, -0.2) is 0 Å². The number of benzene rings is 1. The lowest BCUT2D eigenvalue weighted by Crippen LogP contribution is -2.26. The molecule has 0 spiro atoms. The predicted octanol–water partition coefficient (Wildman–Crippen LogP) is 2.28. The van der Waals surface area contributed by atoms with Crippen molar-refractivity contribution in [3.63, 3.8) is 0 Å². The van der Waals surface area contributed by atoms with Crippen molar-refractivity contribution in [1.82, 2.24) is 14.5 Å². The Morgan fingerprint density at radius 3 is 2.79 bits per heavy atom. The van der Waals surface area contributed by atoms with Gasteiger partial charge in [-0.15, -0.1) is 0 Å². The molecule has 1 unspecified atom stereocenters. The number of para-hydroxylation sites is 1. The Morgan fingerprint density at radius 1 is 1.42 bits per heavy atom. The molecule has 0 bridgehead atoms. The minimum absolute atomic E-state index is 0.128. The normalized spacial score (nSPS) is 19.7. The van der Waals surface area contributed by atoms with Gasteiger partial charge in [0.05, 0.1) is 22.5 Å². The molecule has 1 N–H and O–H groups in total. The van der Waals surface area contributed by atoms with E-state index in [1.807, 2.05) is 6.07 Å². The fraction of sp³-hybridized carbons (Fsp3) is 0.250. The summed E-state index contributed by atoms with van der Waals surface area (Å²) in [4.78, 5) is 27.8. The van der Waals surface area contributed by atoms with Crippen molar-refractivity contribution in [2.45, 2.75) is 12.5 Å². The van der Waals surface area contributed by atoms with E-state index in [9.17, 15) is 9.59 Å². The van der Waals surface area contributed by atoms with Gasteiger partial charge in [0.1, 0.15) is 6.04 Å². The predicted molar refractivity (Wildman–Crippen MR) is 73.6 cm³/mol. The van der Waals surface area contributed by atoms with Crippen LogP contribution in [0.15, 0.2) is 18.2 Å². The minimum Gasteiger partial charge on any atom is -0.329 e. The van der Waals surface area contributed by atoms with Gasteiger partial charge in [0, 0.05) is 7.05 Å². The number of likely N-dealkylation sites (N-methyl/N-ethyl adjacent to an activating group) is 1. The van der Waals surface area contributed by atoms with Crippen LogP contribution in [-0.4, -0.2) is 33.3 Å². The number of carbonyl (C=O) groups is 2. The van der Waals surface area contributed by atoms with Crippen molar-refractivity contribution in [3.8, 4) is 0 Å². The molecule has 0 radical (unpaired) electrons. The van der Waals surface area contributed by atoms with Crippen LogP contribution in [0.1, 0.15) is 12.5 Å². The lowest BCUT2D eigenvalue weighted by Gasteiger charge is -2.11. The molecular weight excluding hydrogens is 286 g/mol. The number of halogens is 1. The molecule has 1 aliphatic rings. The average Bonchev–Trinajstić information content (AvgIpc) is 2.83. The lowest BCUT2D eigenvalue weighted by atomic mass is 10.2. The summed E-state index contributed by atoms with van der Waals surface area (Å²) in [7, 11) is 1.48. The van der Waals surface area contributed by atoms with E-state index in [-0.39, 0.29) is 18.2 Å². The van der Waals surface area contributed by atoms with Gasteiger partial charge in [0.2, 0.25) is 5.91 Å². The van der Waals surface area contributed by atoms with Gasteiger partial charge in [-0.2, -0.15) is 0 Å². The highest BCUT2D eigenvalue weighted by molar-refractivity contribution is 7.71. The second-order valence-corrected chi connectivity index (χ2v) is 5.24. The number of H-pyrrole nitrogens is 1. The zero-order valence-corrected chi connectivity index (χ0v) is 11.6. The summed E-state index contributed by atoms with van der Waals surface area (Å²) in [6.45, 7) is 0. The van der Waals surface area contributed by atoms with Crippen LogP contribution in [0.25, 0.3) is 11.0 Å². The number of carbonyl (C=O) groups excluding carboxylic acids is 2. The number of fused-ring (bicyclic) bond motifs is 1. The van der Waals surface area contributed by atoms with Crippen molar-refractivity contribution < 1.29 is 9.59 Å². The van der Waals surface area contributed by atoms with E-state index in [0.717, 1.165) is 10.4 Å². The average molecular weight is 296 g/mol. The highest BCUT2D eigenvalue weighted by Crippen LogP contribution is 2.30. The summed E-state index contributed by atoms with van der Waals surface area (Å²) < 4.78 is 2.06. The maximum Gasteiger partial charge on any atom is 0.252 e. The zero-order valence-electron chi connectivity index (χ0n) is 10.0. The molecular formula is C12H10ClN3O2S. The van der Waals surface area contributed by atoms with E-state index in [1.165, 1.54) is 7.05 Å². The van der Waals surface area contributed by atoms with E-state index in [1.54, 1.807) is 16.7 Å². The Hall–Kier alpha value is -1.66. The summed E-state index contributed by atoms with van der Waals surface area (Å²) in [5.41, 5.74) is 1.42. The van der Waals surface area contributed by atoms with Crippen LogP contribution in [-0.2, 0) is 9.59 Å². The number of imidazole rings is 1. The van der Waals surface area contributed by atoms with E-state index in [2.05, 4.69) is 4.98 Å². The molecule has 1 fully saturated rings. The fourth-order valence-electron chi connectivity index (χ4n) is 2.36. The third kappa shape index (κ3) is 1.71. The van der Waals surface area contributed by atoms with Crippen LogP contribution in [0.3, 0.4) is 0 Å². The summed E-state index contributed by atoms with van der Waals surface area (Å²) >= 11 is 11.3. The highest BCUT2D eigenvalue weighted by atomic mass is 35.5. The maximum atomic E-state index is 12.1. The van der Waals surface area contributed by atoms with Crippen LogP contribution in [0.4, 0.5) is 0 Å². The van der Waals surface area contributed by atoms with Crippen LogP contribution >= 0.6 is 23.8 Å². The molecule has 0 saturated carbocycles. The molecule has 2 aromatic rings. The van der Waals surface area contributed by atoms with Gasteiger partial charge in [-0.3, -0.25) is 14.5 Å². The smallest absolute Gasteiger partial charge is 0.252 e. The number of nitrogens with zero attached hydrogens (tertiary/aromatic N) is 2. The third-order valence-corrected chi connectivity index (χ3v) is 3.98. The second kappa shape index (κ2) is 4.18. The number of aromatic amines is 1. The second-order valence-electron chi connectivity index (χ2n) is 4.45. The molecule has 3 rings (SSSR count). The van der Waals surface area contributed by atoms with E-state index in [0.29, 0.717) is 15.3 Å². The van der Waals surface area contributed by atoms with Gasteiger partial charge in [-0.05, 0) is 24.4 Å². The number of hydrogen-bond donors (Lipinski definition) is 1. The van der Waals surface area contributed by atoms with E-state index < -0.39 is 6.04 Å². The Labute approximate surface area is 118 Å². The number of rotatable bonds is 1. The fourth-order valence-corrected chi connectivity index (χ4v) is 2.91. The Balaban J connectivity index is 2.24. The highest BCUT2D eigenvalue weighted by Gasteiger charge is 2.38. The van der Waals surface area contributed by atoms with Crippen LogP contribution < -0.4 is 0 Å². The summed E-state index contributed by atoms with van der Waals surface area (Å²) in [5, 5.41) is 0.535. The Bertz CT molecular complexity index is 764. The first-order valence-corrected chi connectivity index (χ1v) is 6.48. The first-order valence-electron chi connectivity index (χ1n) is 5.70. The lowest BCUT2D eigenvalue weighted by molar-refractivity contribution is -0.137. The molecule has 1 aromatic carbocycles. The van der Waals surface area contributed by atoms with Crippen molar-refractivity contribution >= 4 is 46.7 Å². The van der Waals surface area contributed by atoms with Crippen molar-refractivity contribution in [2.24, 2.45) is 0 Å². The SMILES string of the molecule is CN1C(=O)CC(n2c(=S)[nH]c3c(Cl)cccc32)C1=O. The standard InChI is InChI=1S/C12H10ClN3O2S/c1-15-9(17)5-8(11(15)18)16-7-4-2-3-6(13)10(7)14-12(16)19/h2-4,8H,5H2,1H3,(H,14,19). The van der Waals surface area contributed by atoms with Gasteiger partial charge in [0.15, 0.2) is 4.77 Å². The van der Waals surface area contributed by atoms with Crippen molar-refractivity contribution in [3.05, 3.63) is 28.0 Å². The molecule has 2 amide bonds. The molecule has 0 aliphatic carbocycles. The monoisotopic (exact) mass is 295 g/mol. The quantitative estimate of drug-likeness (QED) is 0.648. The maximum absolute atomic E-state index is 12.1. The Kier molecular flexibility index (Phi) is 2.72. The molecule has 1 aromatic heterocycles. The molecule has 1 saturated heterocycles. The van der Waals surface area contributed by atoms with Crippen LogP contribution in [0, 0.1) is 4.77 Å². The number of nitrogens with one attached hydrogen (secondary N) is 1. The minimum atomic E-state index is -0.586. The molecule has 7 heteroatoms. The van der Waals surface area contributed by atoms with Crippen molar-refractivity contribution in [1.29, 1.82) is 0 Å². The Morgan fingerprint density at radius 2 is 2.16 bits per heavy atom. The number of aromatic nitrogens is 2. The number of amides is 2. The molecule has 1 atom stereocenters. The molecule has 19 heavy (non-hydrogen) atoms. The summed E-state index contributed by atoms with van der Waals surface area (Å²) in [6.07, 6.45) is 0.128.